The predicted octanol–water partition coefficient (Wildman–Crippen LogP) is 6.09. The average Bonchev–Trinajstić information content (AvgIpc) is 3.25. The Hall–Kier alpha value is -2.56. The molecule has 2 aromatic rings. The van der Waals surface area contributed by atoms with Gasteiger partial charge in [-0.2, -0.15) is 0 Å². The smallest absolute Gasteiger partial charge is 0.262 e. The molecule has 282 valence electrons. The first-order chi connectivity index (χ1) is 24.9. The van der Waals surface area contributed by atoms with Gasteiger partial charge in [-0.25, -0.2) is 4.21 Å². The standard InChI is InChI=1S/C42H57ClN4O4S/c1-29-8-6-18-42(49,27-45-20-21-46-19-5-4-10-35(46)25-45)37-14-11-33(37)24-47-26-41(17-7-9-31-22-34(43)13-15-36(31)41)28-51-39-16-12-32(23-38(39)47)40(48)44-52(3,50)30(29)2/h6,12-13,15-16,18,22-23,29-30,33,35,37,49H,3-5,7-11,14,17,19-21,24-28H2,1-2H3,(H,44,48,50)/b18-6+/t29-,30+,33-,35+,37+,41-,42-,52?/m0/s1. The Kier molecular flexibility index (Phi) is 9.99. The molecule has 6 aliphatic rings. The van der Waals surface area contributed by atoms with E-state index in [1.807, 2.05) is 25.1 Å². The van der Waals surface area contributed by atoms with Crippen LogP contribution in [-0.4, -0.2) is 100 Å². The van der Waals surface area contributed by atoms with Crippen LogP contribution in [0.15, 0.2) is 48.6 Å². The van der Waals surface area contributed by atoms with E-state index in [9.17, 15) is 14.1 Å². The van der Waals surface area contributed by atoms with E-state index in [4.69, 9.17) is 16.3 Å². The third-order valence-electron chi connectivity index (χ3n) is 13.8. The minimum absolute atomic E-state index is 0.0120. The average molecular weight is 749 g/mol. The largest absolute Gasteiger partial charge is 0.490 e. The van der Waals surface area contributed by atoms with Crippen LogP contribution in [0.2, 0.25) is 5.02 Å². The number of carbonyl (C=O) groups excluding carboxylic acids is 1. The number of allylic oxidation sites excluding steroid dienone is 1. The molecule has 1 amide bonds. The molecule has 52 heavy (non-hydrogen) atoms. The summed E-state index contributed by atoms with van der Waals surface area (Å²) in [6, 6.07) is 12.5. The third-order valence-corrected chi connectivity index (χ3v) is 16.2. The van der Waals surface area contributed by atoms with Crippen molar-refractivity contribution in [2.75, 3.05) is 57.3 Å². The summed E-state index contributed by atoms with van der Waals surface area (Å²) in [5.41, 5.74) is 2.68. The molecule has 2 saturated heterocycles. The fourth-order valence-corrected chi connectivity index (χ4v) is 12.0. The number of hydrogen-bond donors (Lipinski definition) is 2. The fraction of sp³-hybridized carbons (Fsp3) is 0.619. The number of benzene rings is 2. The molecule has 2 N–H and O–H groups in total. The van der Waals surface area contributed by atoms with Gasteiger partial charge >= 0.3 is 0 Å². The molecule has 1 unspecified atom stereocenters. The number of piperazine rings is 1. The predicted molar refractivity (Wildman–Crippen MR) is 212 cm³/mol. The molecule has 0 aromatic heterocycles. The number of rotatable bonds is 2. The van der Waals surface area contributed by atoms with Gasteiger partial charge in [-0.05, 0) is 130 Å². The van der Waals surface area contributed by atoms with Crippen LogP contribution in [0.4, 0.5) is 5.69 Å². The van der Waals surface area contributed by atoms with Crippen molar-refractivity contribution >= 4 is 38.8 Å². The number of nitrogens with zero attached hydrogens (tertiary/aromatic N) is 3. The number of hydrogen-bond acceptors (Lipinski definition) is 7. The first-order valence-electron chi connectivity index (χ1n) is 19.8. The molecule has 1 saturated carbocycles. The van der Waals surface area contributed by atoms with E-state index in [-0.39, 0.29) is 34.3 Å². The normalized spacial score (nSPS) is 37.7. The second-order valence-corrected chi connectivity index (χ2v) is 20.0. The van der Waals surface area contributed by atoms with Crippen LogP contribution in [0.5, 0.6) is 5.75 Å². The number of carbonyl (C=O) groups is 1. The van der Waals surface area contributed by atoms with Crippen molar-refractivity contribution < 1.29 is 18.8 Å². The van der Waals surface area contributed by atoms with Gasteiger partial charge in [0.1, 0.15) is 5.75 Å². The maximum atomic E-state index is 14.0. The highest BCUT2D eigenvalue weighted by molar-refractivity contribution is 7.99. The Morgan fingerprint density at radius 3 is 2.75 bits per heavy atom. The van der Waals surface area contributed by atoms with Crippen LogP contribution in [0, 0.1) is 17.8 Å². The lowest BCUT2D eigenvalue weighted by molar-refractivity contribution is -0.0766. The molecule has 1 spiro atoms. The zero-order valence-corrected chi connectivity index (χ0v) is 32.6. The molecule has 4 aliphatic heterocycles. The number of aryl methyl sites for hydroxylation is 1. The maximum Gasteiger partial charge on any atom is 0.262 e. The maximum absolute atomic E-state index is 14.0. The number of amides is 1. The lowest BCUT2D eigenvalue weighted by Crippen LogP contribution is -2.60. The Morgan fingerprint density at radius 2 is 1.92 bits per heavy atom. The Morgan fingerprint density at radius 1 is 1.06 bits per heavy atom. The van der Waals surface area contributed by atoms with Crippen molar-refractivity contribution in [3.63, 3.8) is 0 Å². The van der Waals surface area contributed by atoms with Crippen molar-refractivity contribution in [2.45, 2.75) is 93.9 Å². The summed E-state index contributed by atoms with van der Waals surface area (Å²) in [5.74, 6) is 4.78. The topological polar surface area (TPSA) is 85.3 Å². The van der Waals surface area contributed by atoms with Crippen molar-refractivity contribution in [2.24, 2.45) is 17.8 Å². The molecule has 8 atom stereocenters. The minimum atomic E-state index is -2.97. The lowest BCUT2D eigenvalue weighted by Gasteiger charge is -2.52. The fourth-order valence-electron chi connectivity index (χ4n) is 10.4. The van der Waals surface area contributed by atoms with E-state index in [1.54, 1.807) is 6.07 Å². The van der Waals surface area contributed by atoms with Crippen molar-refractivity contribution in [1.82, 2.24) is 14.5 Å². The number of nitrogens with one attached hydrogen (secondary N) is 1. The van der Waals surface area contributed by atoms with E-state index in [2.05, 4.69) is 56.5 Å². The number of halogens is 1. The molecular weight excluding hydrogens is 692 g/mol. The summed E-state index contributed by atoms with van der Waals surface area (Å²) in [6.45, 7) is 10.9. The van der Waals surface area contributed by atoms with Crippen molar-refractivity contribution in [3.8, 4) is 5.75 Å². The summed E-state index contributed by atoms with van der Waals surface area (Å²) in [7, 11) is -2.97. The van der Waals surface area contributed by atoms with Gasteiger partial charge in [0.25, 0.3) is 5.91 Å². The number of β-amino-alcohol motifs (C(OH)–C–C–N with tert-alkyl or cyclic N) is 1. The lowest BCUT2D eigenvalue weighted by atomic mass is 9.63. The number of piperidine rings is 1. The summed E-state index contributed by atoms with van der Waals surface area (Å²) >= 11 is 6.51. The van der Waals surface area contributed by atoms with Crippen LogP contribution in [0.25, 0.3) is 0 Å². The number of anilines is 1. The molecule has 10 heteroatoms. The Balaban J connectivity index is 1.17. The summed E-state index contributed by atoms with van der Waals surface area (Å²) in [4.78, 5) is 21.4. The van der Waals surface area contributed by atoms with E-state index < -0.39 is 15.3 Å². The van der Waals surface area contributed by atoms with Gasteiger partial charge in [-0.1, -0.05) is 43.2 Å². The van der Waals surface area contributed by atoms with Crippen LogP contribution in [-0.2, 0) is 21.5 Å². The Bertz CT molecular complexity index is 1820. The molecule has 4 heterocycles. The van der Waals surface area contributed by atoms with Gasteiger partial charge in [0.2, 0.25) is 0 Å². The third kappa shape index (κ3) is 6.94. The van der Waals surface area contributed by atoms with Gasteiger partial charge in [0.05, 0.1) is 27.6 Å². The quantitative estimate of drug-likeness (QED) is 0.285. The molecule has 2 aliphatic carbocycles. The second-order valence-electron chi connectivity index (χ2n) is 17.1. The highest BCUT2D eigenvalue weighted by Crippen LogP contribution is 2.48. The molecule has 2 aromatic carbocycles. The highest BCUT2D eigenvalue weighted by Gasteiger charge is 2.49. The van der Waals surface area contributed by atoms with E-state index in [0.29, 0.717) is 31.2 Å². The van der Waals surface area contributed by atoms with Crippen LogP contribution in [0.3, 0.4) is 0 Å². The van der Waals surface area contributed by atoms with Crippen LogP contribution >= 0.6 is 11.6 Å². The molecule has 2 bridgehead atoms. The Labute approximate surface area is 316 Å². The van der Waals surface area contributed by atoms with Crippen molar-refractivity contribution in [3.05, 3.63) is 70.3 Å². The molecule has 8 rings (SSSR count). The van der Waals surface area contributed by atoms with Crippen molar-refractivity contribution in [1.29, 1.82) is 0 Å². The van der Waals surface area contributed by atoms with E-state index in [1.165, 1.54) is 36.9 Å². The summed E-state index contributed by atoms with van der Waals surface area (Å²) in [5, 5.41) is 13.3. The monoisotopic (exact) mass is 748 g/mol. The summed E-state index contributed by atoms with van der Waals surface area (Å²) < 4.78 is 23.5. The SMILES string of the molecule is C=S1(=O)NC(=O)c2ccc3c(c2)N(C[C@@H]2CC[C@H]2[C@@](O)(CN2CCN4CCCC[C@@H]4C2)/C=C/C[C@H](C)[C@H]1C)C[C@@]1(CCCc2cc(Cl)ccc21)CO3. The zero-order valence-electron chi connectivity index (χ0n) is 31.0. The summed E-state index contributed by atoms with van der Waals surface area (Å²) in [6.07, 6.45) is 13.7. The number of fused-ring (bicyclic) bond motifs is 5. The number of ether oxygens (including phenoxy) is 1. The van der Waals surface area contributed by atoms with Gasteiger partial charge < -0.3 is 14.7 Å². The molecule has 3 fully saturated rings. The molecule has 8 nitrogen and oxygen atoms in total. The van der Waals surface area contributed by atoms with Crippen LogP contribution in [0.1, 0.15) is 86.7 Å². The van der Waals surface area contributed by atoms with E-state index in [0.717, 1.165) is 81.3 Å². The first-order valence-corrected chi connectivity index (χ1v) is 22.0. The van der Waals surface area contributed by atoms with Gasteiger partial charge in [0, 0.05) is 66.6 Å². The van der Waals surface area contributed by atoms with Gasteiger partial charge in [-0.3, -0.25) is 19.3 Å². The zero-order chi connectivity index (χ0) is 36.3. The van der Waals surface area contributed by atoms with E-state index >= 15 is 0 Å². The minimum Gasteiger partial charge on any atom is -0.490 e. The molecule has 0 radical (unpaired) electrons. The molecular formula is C42H57ClN4O4S. The number of aliphatic hydroxyl groups is 1. The van der Waals surface area contributed by atoms with Crippen LogP contribution < -0.4 is 14.4 Å². The van der Waals surface area contributed by atoms with Gasteiger partial charge in [0.15, 0.2) is 0 Å². The second kappa shape index (κ2) is 14.3. The van der Waals surface area contributed by atoms with Gasteiger partial charge in [-0.15, -0.1) is 0 Å². The first kappa shape index (κ1) is 36.4. The highest BCUT2D eigenvalue weighted by atomic mass is 35.5.